The average Bonchev–Trinajstić information content (AvgIpc) is 2.35. The summed E-state index contributed by atoms with van der Waals surface area (Å²) in [6.07, 6.45) is 0. The Kier molecular flexibility index (Phi) is 6.18. The maximum absolute atomic E-state index is 11.5. The molecule has 0 aliphatic heterocycles. The predicted octanol–water partition coefficient (Wildman–Crippen LogP) is 1.61. The van der Waals surface area contributed by atoms with Crippen molar-refractivity contribution in [3.05, 3.63) is 23.8 Å². The molecule has 0 saturated heterocycles. The number of aryl methyl sites for hydroxylation is 1. The Morgan fingerprint density at radius 1 is 1.28 bits per heavy atom. The quantitative estimate of drug-likeness (QED) is 0.750. The summed E-state index contributed by atoms with van der Waals surface area (Å²) in [7, 11) is 3.20. The van der Waals surface area contributed by atoms with Crippen LogP contribution in [0.25, 0.3) is 0 Å². The molecule has 0 aromatic heterocycles. The van der Waals surface area contributed by atoms with Gasteiger partial charge in [0.05, 0.1) is 20.3 Å². The summed E-state index contributed by atoms with van der Waals surface area (Å²) in [5.74, 6) is 0.611. The number of amides is 1. The number of hydrogen-bond donors (Lipinski definition) is 1. The number of carbonyl (C=O) groups excluding carboxylic acids is 1. The fourth-order valence-corrected chi connectivity index (χ4v) is 1.46. The SMILES string of the molecule is COCCOCC(=O)Nc1ccc(OC)c(C)c1. The molecule has 5 nitrogen and oxygen atoms in total. The van der Waals surface area contributed by atoms with Gasteiger partial charge in [0.15, 0.2) is 0 Å². The van der Waals surface area contributed by atoms with E-state index in [2.05, 4.69) is 5.32 Å². The van der Waals surface area contributed by atoms with Crippen molar-refractivity contribution in [1.82, 2.24) is 0 Å². The molecule has 0 radical (unpaired) electrons. The van der Waals surface area contributed by atoms with Crippen molar-refractivity contribution in [3.8, 4) is 5.75 Å². The molecule has 0 fully saturated rings. The average molecular weight is 253 g/mol. The fraction of sp³-hybridized carbons (Fsp3) is 0.462. The van der Waals surface area contributed by atoms with Gasteiger partial charge in [-0.2, -0.15) is 0 Å². The van der Waals surface area contributed by atoms with Crippen LogP contribution in [0.15, 0.2) is 18.2 Å². The lowest BCUT2D eigenvalue weighted by Crippen LogP contribution is -2.19. The summed E-state index contributed by atoms with van der Waals surface area (Å²) in [5.41, 5.74) is 1.70. The van der Waals surface area contributed by atoms with Crippen LogP contribution in [0.4, 0.5) is 5.69 Å². The van der Waals surface area contributed by atoms with Gasteiger partial charge in [-0.25, -0.2) is 0 Å². The number of carbonyl (C=O) groups is 1. The van der Waals surface area contributed by atoms with Gasteiger partial charge in [0, 0.05) is 12.8 Å². The van der Waals surface area contributed by atoms with E-state index in [0.29, 0.717) is 13.2 Å². The molecule has 5 heteroatoms. The van der Waals surface area contributed by atoms with Crippen molar-refractivity contribution < 1.29 is 19.0 Å². The fourth-order valence-electron chi connectivity index (χ4n) is 1.46. The van der Waals surface area contributed by atoms with Crippen LogP contribution in [0.5, 0.6) is 5.75 Å². The molecule has 1 rings (SSSR count). The first-order valence-corrected chi connectivity index (χ1v) is 5.68. The van der Waals surface area contributed by atoms with E-state index >= 15 is 0 Å². The molecule has 18 heavy (non-hydrogen) atoms. The molecular weight excluding hydrogens is 234 g/mol. The second-order valence-electron chi connectivity index (χ2n) is 3.78. The number of methoxy groups -OCH3 is 2. The molecule has 0 aliphatic rings. The Hall–Kier alpha value is -1.59. The van der Waals surface area contributed by atoms with E-state index in [9.17, 15) is 4.79 Å². The van der Waals surface area contributed by atoms with Crippen LogP contribution in [0.2, 0.25) is 0 Å². The van der Waals surface area contributed by atoms with Crippen LogP contribution >= 0.6 is 0 Å². The molecule has 0 atom stereocenters. The minimum Gasteiger partial charge on any atom is -0.496 e. The van der Waals surface area contributed by atoms with Crippen LogP contribution in [0, 0.1) is 6.92 Å². The second kappa shape index (κ2) is 7.68. The Labute approximate surface area is 107 Å². The highest BCUT2D eigenvalue weighted by Gasteiger charge is 2.04. The first kappa shape index (κ1) is 14.5. The maximum atomic E-state index is 11.5. The lowest BCUT2D eigenvalue weighted by Gasteiger charge is -2.09. The van der Waals surface area contributed by atoms with Gasteiger partial charge in [0.2, 0.25) is 5.91 Å². The van der Waals surface area contributed by atoms with Gasteiger partial charge in [-0.15, -0.1) is 0 Å². The zero-order chi connectivity index (χ0) is 13.4. The van der Waals surface area contributed by atoms with Crippen LogP contribution < -0.4 is 10.1 Å². The van der Waals surface area contributed by atoms with Crippen molar-refractivity contribution in [2.75, 3.05) is 39.4 Å². The topological polar surface area (TPSA) is 56.8 Å². The van der Waals surface area contributed by atoms with Crippen molar-refractivity contribution in [2.45, 2.75) is 6.92 Å². The van der Waals surface area contributed by atoms with E-state index in [-0.39, 0.29) is 12.5 Å². The molecule has 0 spiro atoms. The van der Waals surface area contributed by atoms with Gasteiger partial charge >= 0.3 is 0 Å². The lowest BCUT2D eigenvalue weighted by molar-refractivity contribution is -0.121. The summed E-state index contributed by atoms with van der Waals surface area (Å²) in [6, 6.07) is 5.46. The largest absolute Gasteiger partial charge is 0.496 e. The van der Waals surface area contributed by atoms with Crippen LogP contribution in [0.1, 0.15) is 5.56 Å². The number of hydrogen-bond acceptors (Lipinski definition) is 4. The summed E-state index contributed by atoms with van der Waals surface area (Å²) in [6.45, 7) is 2.83. The normalized spacial score (nSPS) is 10.2. The second-order valence-corrected chi connectivity index (χ2v) is 3.78. The highest BCUT2D eigenvalue weighted by molar-refractivity contribution is 5.91. The third kappa shape index (κ3) is 4.73. The smallest absolute Gasteiger partial charge is 0.250 e. The molecule has 1 amide bonds. The Balaban J connectivity index is 2.42. The van der Waals surface area contributed by atoms with Crippen LogP contribution in [-0.2, 0) is 14.3 Å². The Morgan fingerprint density at radius 2 is 2.06 bits per heavy atom. The molecule has 0 bridgehead atoms. The minimum absolute atomic E-state index is 0.0223. The highest BCUT2D eigenvalue weighted by atomic mass is 16.5. The van der Waals surface area contributed by atoms with Crippen molar-refractivity contribution >= 4 is 11.6 Å². The molecule has 0 heterocycles. The summed E-state index contributed by atoms with van der Waals surface area (Å²) in [4.78, 5) is 11.5. The molecular formula is C13H19NO4. The first-order chi connectivity index (χ1) is 8.67. The van der Waals surface area contributed by atoms with Gasteiger partial charge in [0.1, 0.15) is 12.4 Å². The van der Waals surface area contributed by atoms with Gasteiger partial charge in [-0.3, -0.25) is 4.79 Å². The summed E-state index contributed by atoms with van der Waals surface area (Å²) in [5, 5.41) is 2.75. The maximum Gasteiger partial charge on any atom is 0.250 e. The van der Waals surface area contributed by atoms with Crippen LogP contribution in [-0.4, -0.2) is 39.9 Å². The van der Waals surface area contributed by atoms with Crippen LogP contribution in [0.3, 0.4) is 0 Å². The van der Waals surface area contributed by atoms with E-state index in [1.165, 1.54) is 0 Å². The van der Waals surface area contributed by atoms with E-state index in [1.54, 1.807) is 20.3 Å². The van der Waals surface area contributed by atoms with Gasteiger partial charge in [0.25, 0.3) is 0 Å². The standard InChI is InChI=1S/C13H19NO4/c1-10-8-11(4-5-12(10)17-3)14-13(15)9-18-7-6-16-2/h4-5,8H,6-7,9H2,1-3H3,(H,14,15). The summed E-state index contributed by atoms with van der Waals surface area (Å²) < 4.78 is 15.1. The number of benzene rings is 1. The van der Waals surface area contributed by atoms with E-state index in [1.807, 2.05) is 19.1 Å². The number of ether oxygens (including phenoxy) is 3. The Bertz CT molecular complexity index is 393. The Morgan fingerprint density at radius 3 is 2.67 bits per heavy atom. The first-order valence-electron chi connectivity index (χ1n) is 5.68. The number of rotatable bonds is 7. The molecule has 0 unspecified atom stereocenters. The third-order valence-corrected chi connectivity index (χ3v) is 2.34. The monoisotopic (exact) mass is 253 g/mol. The minimum atomic E-state index is -0.185. The lowest BCUT2D eigenvalue weighted by atomic mass is 10.2. The zero-order valence-corrected chi connectivity index (χ0v) is 11.0. The summed E-state index contributed by atoms with van der Waals surface area (Å²) >= 11 is 0. The number of nitrogens with one attached hydrogen (secondary N) is 1. The molecule has 0 saturated carbocycles. The van der Waals surface area contributed by atoms with E-state index in [4.69, 9.17) is 14.2 Å². The van der Waals surface area contributed by atoms with Crippen molar-refractivity contribution in [3.63, 3.8) is 0 Å². The van der Waals surface area contributed by atoms with Gasteiger partial charge < -0.3 is 19.5 Å². The van der Waals surface area contributed by atoms with Crippen molar-refractivity contribution in [2.24, 2.45) is 0 Å². The van der Waals surface area contributed by atoms with Gasteiger partial charge in [-0.1, -0.05) is 0 Å². The van der Waals surface area contributed by atoms with Gasteiger partial charge in [-0.05, 0) is 30.7 Å². The van der Waals surface area contributed by atoms with E-state index in [0.717, 1.165) is 17.0 Å². The molecule has 1 aromatic carbocycles. The zero-order valence-electron chi connectivity index (χ0n) is 11.0. The molecule has 0 aliphatic carbocycles. The number of anilines is 1. The highest BCUT2D eigenvalue weighted by Crippen LogP contribution is 2.21. The predicted molar refractivity (Wildman–Crippen MR) is 69.1 cm³/mol. The van der Waals surface area contributed by atoms with Crippen molar-refractivity contribution in [1.29, 1.82) is 0 Å². The van der Waals surface area contributed by atoms with E-state index < -0.39 is 0 Å². The molecule has 1 aromatic rings. The molecule has 1 N–H and O–H groups in total. The molecule has 100 valence electrons. The third-order valence-electron chi connectivity index (χ3n) is 2.34.